The Bertz CT molecular complexity index is 122. The molecule has 52 valence electrons. The van der Waals surface area contributed by atoms with Gasteiger partial charge >= 0.3 is 0 Å². The normalized spacial score (nSPS) is 47.0. The summed E-state index contributed by atoms with van der Waals surface area (Å²) in [7, 11) is 0. The minimum absolute atomic E-state index is 0.865. The predicted molar refractivity (Wildman–Crippen MR) is 42.8 cm³/mol. The van der Waals surface area contributed by atoms with Crippen molar-refractivity contribution >= 4 is 15.9 Å². The van der Waals surface area contributed by atoms with Crippen molar-refractivity contribution in [2.75, 3.05) is 5.33 Å². The molecule has 0 aromatic heterocycles. The lowest BCUT2D eigenvalue weighted by atomic mass is 10.0. The summed E-state index contributed by atoms with van der Waals surface area (Å²) >= 11 is 3.52. The summed E-state index contributed by atoms with van der Waals surface area (Å²) in [4.78, 5) is 0. The van der Waals surface area contributed by atoms with Crippen LogP contribution in [0.2, 0.25) is 0 Å². The van der Waals surface area contributed by atoms with E-state index < -0.39 is 0 Å². The van der Waals surface area contributed by atoms with Crippen molar-refractivity contribution in [3.8, 4) is 0 Å². The van der Waals surface area contributed by atoms with Crippen LogP contribution < -0.4 is 0 Å². The van der Waals surface area contributed by atoms with Crippen LogP contribution in [0.5, 0.6) is 0 Å². The third kappa shape index (κ3) is 0.849. The van der Waals surface area contributed by atoms with Gasteiger partial charge in [-0.3, -0.25) is 0 Å². The van der Waals surface area contributed by atoms with E-state index in [1.54, 1.807) is 6.42 Å². The molecule has 0 aliphatic heterocycles. The Morgan fingerprint density at radius 2 is 2.44 bits per heavy atom. The van der Waals surface area contributed by atoms with Gasteiger partial charge in [-0.05, 0) is 37.0 Å². The number of halogens is 1. The smallest absolute Gasteiger partial charge is 0.00366 e. The van der Waals surface area contributed by atoms with Crippen LogP contribution >= 0.6 is 15.9 Å². The van der Waals surface area contributed by atoms with E-state index in [-0.39, 0.29) is 0 Å². The SMILES string of the molecule is BrCCC12CCCC1C2. The molecule has 2 unspecified atom stereocenters. The highest BCUT2D eigenvalue weighted by molar-refractivity contribution is 9.09. The number of rotatable bonds is 2. The highest BCUT2D eigenvalue weighted by atomic mass is 79.9. The summed E-state index contributed by atoms with van der Waals surface area (Å²) in [5, 5.41) is 1.23. The predicted octanol–water partition coefficient (Wildman–Crippen LogP) is 2.96. The van der Waals surface area contributed by atoms with Crippen molar-refractivity contribution in [2.45, 2.75) is 32.1 Å². The fourth-order valence-electron chi connectivity index (χ4n) is 2.47. The fraction of sp³-hybridized carbons (Fsp3) is 1.00. The standard InChI is InChI=1S/C8H13Br/c9-5-4-8-3-1-2-7(8)6-8/h7H,1-6H2. The summed E-state index contributed by atoms with van der Waals surface area (Å²) in [6.45, 7) is 0. The van der Waals surface area contributed by atoms with Gasteiger partial charge in [-0.15, -0.1) is 0 Å². The summed E-state index contributed by atoms with van der Waals surface area (Å²) in [6.07, 6.45) is 7.57. The molecular weight excluding hydrogens is 176 g/mol. The molecule has 0 saturated heterocycles. The third-order valence-electron chi connectivity index (χ3n) is 3.18. The molecule has 2 saturated carbocycles. The summed E-state index contributed by atoms with van der Waals surface area (Å²) in [5.74, 6) is 1.15. The van der Waals surface area contributed by atoms with Gasteiger partial charge < -0.3 is 0 Å². The van der Waals surface area contributed by atoms with Crippen molar-refractivity contribution in [3.05, 3.63) is 0 Å². The first-order valence-electron chi connectivity index (χ1n) is 3.93. The topological polar surface area (TPSA) is 0 Å². The molecular formula is C8H13Br. The maximum Gasteiger partial charge on any atom is 0.00366 e. The van der Waals surface area contributed by atoms with Crippen LogP contribution in [0.25, 0.3) is 0 Å². The molecule has 0 aromatic carbocycles. The maximum atomic E-state index is 3.52. The molecule has 0 nitrogen and oxygen atoms in total. The van der Waals surface area contributed by atoms with Crippen LogP contribution in [0, 0.1) is 11.3 Å². The largest absolute Gasteiger partial charge is 0.0928 e. The number of alkyl halides is 1. The average molecular weight is 189 g/mol. The van der Waals surface area contributed by atoms with Gasteiger partial charge in [0.05, 0.1) is 0 Å². The minimum atomic E-state index is 0.865. The fourth-order valence-corrected chi connectivity index (χ4v) is 3.26. The molecule has 2 fully saturated rings. The quantitative estimate of drug-likeness (QED) is 0.586. The number of hydrogen-bond acceptors (Lipinski definition) is 0. The lowest BCUT2D eigenvalue weighted by Gasteiger charge is -2.06. The Labute approximate surface area is 65.1 Å². The van der Waals surface area contributed by atoms with Gasteiger partial charge in [0.25, 0.3) is 0 Å². The van der Waals surface area contributed by atoms with Crippen molar-refractivity contribution in [1.82, 2.24) is 0 Å². The Hall–Kier alpha value is 0.480. The molecule has 0 amide bonds. The summed E-state index contributed by atoms with van der Waals surface area (Å²) in [5.41, 5.74) is 0.865. The van der Waals surface area contributed by atoms with Crippen molar-refractivity contribution in [1.29, 1.82) is 0 Å². The number of hydrogen-bond donors (Lipinski definition) is 0. The average Bonchev–Trinajstić information content (AvgIpc) is 2.37. The highest BCUT2D eigenvalue weighted by Crippen LogP contribution is 2.65. The van der Waals surface area contributed by atoms with E-state index in [1.807, 2.05) is 0 Å². The second-order valence-electron chi connectivity index (χ2n) is 3.59. The molecule has 2 aliphatic rings. The van der Waals surface area contributed by atoms with Crippen LogP contribution in [-0.2, 0) is 0 Å². The first kappa shape index (κ1) is 6.21. The zero-order valence-corrected chi connectivity index (χ0v) is 7.28. The Kier molecular flexibility index (Phi) is 1.37. The summed E-state index contributed by atoms with van der Waals surface area (Å²) in [6, 6.07) is 0. The van der Waals surface area contributed by atoms with Gasteiger partial charge in [0.1, 0.15) is 0 Å². The van der Waals surface area contributed by atoms with Crippen LogP contribution in [-0.4, -0.2) is 5.33 Å². The van der Waals surface area contributed by atoms with Crippen molar-refractivity contribution in [3.63, 3.8) is 0 Å². The maximum absolute atomic E-state index is 3.52. The summed E-state index contributed by atoms with van der Waals surface area (Å²) < 4.78 is 0. The van der Waals surface area contributed by atoms with E-state index in [2.05, 4.69) is 15.9 Å². The molecule has 0 aromatic rings. The Balaban J connectivity index is 1.95. The lowest BCUT2D eigenvalue weighted by Crippen LogP contribution is -1.97. The van der Waals surface area contributed by atoms with E-state index in [4.69, 9.17) is 0 Å². The Morgan fingerprint density at radius 3 is 2.89 bits per heavy atom. The molecule has 2 atom stereocenters. The van der Waals surface area contributed by atoms with Gasteiger partial charge in [-0.1, -0.05) is 22.4 Å². The van der Waals surface area contributed by atoms with E-state index in [0.29, 0.717) is 0 Å². The van der Waals surface area contributed by atoms with Gasteiger partial charge in [-0.2, -0.15) is 0 Å². The first-order valence-corrected chi connectivity index (χ1v) is 5.05. The molecule has 0 heterocycles. The highest BCUT2D eigenvalue weighted by Gasteiger charge is 2.55. The molecule has 0 radical (unpaired) electrons. The van der Waals surface area contributed by atoms with Gasteiger partial charge in [0, 0.05) is 5.33 Å². The first-order chi connectivity index (χ1) is 4.37. The number of fused-ring (bicyclic) bond motifs is 1. The van der Waals surface area contributed by atoms with E-state index in [0.717, 1.165) is 11.3 Å². The second kappa shape index (κ2) is 1.98. The van der Waals surface area contributed by atoms with Gasteiger partial charge in [0.15, 0.2) is 0 Å². The van der Waals surface area contributed by atoms with E-state index in [9.17, 15) is 0 Å². The van der Waals surface area contributed by atoms with Crippen LogP contribution in [0.3, 0.4) is 0 Å². The monoisotopic (exact) mass is 188 g/mol. The van der Waals surface area contributed by atoms with Crippen molar-refractivity contribution in [2.24, 2.45) is 11.3 Å². The molecule has 2 rings (SSSR count). The van der Waals surface area contributed by atoms with Crippen LogP contribution in [0.15, 0.2) is 0 Å². The molecule has 9 heavy (non-hydrogen) atoms. The van der Waals surface area contributed by atoms with E-state index >= 15 is 0 Å². The zero-order valence-electron chi connectivity index (χ0n) is 5.70. The zero-order chi connectivity index (χ0) is 6.32. The van der Waals surface area contributed by atoms with Crippen LogP contribution in [0.1, 0.15) is 32.1 Å². The molecule has 0 bridgehead atoms. The van der Waals surface area contributed by atoms with Crippen LogP contribution in [0.4, 0.5) is 0 Å². The van der Waals surface area contributed by atoms with Crippen molar-refractivity contribution < 1.29 is 0 Å². The van der Waals surface area contributed by atoms with Gasteiger partial charge in [-0.25, -0.2) is 0 Å². The Morgan fingerprint density at radius 1 is 1.56 bits per heavy atom. The third-order valence-corrected chi connectivity index (χ3v) is 3.57. The molecule has 2 aliphatic carbocycles. The van der Waals surface area contributed by atoms with E-state index in [1.165, 1.54) is 31.0 Å². The van der Waals surface area contributed by atoms with Gasteiger partial charge in [0.2, 0.25) is 0 Å². The molecule has 0 spiro atoms. The molecule has 1 heteroatoms. The lowest BCUT2D eigenvalue weighted by molar-refractivity contribution is 0.475. The minimum Gasteiger partial charge on any atom is -0.0928 e. The molecule has 0 N–H and O–H groups in total. The second-order valence-corrected chi connectivity index (χ2v) is 4.39.